The van der Waals surface area contributed by atoms with Crippen molar-refractivity contribution in [2.45, 2.75) is 58.3 Å². The summed E-state index contributed by atoms with van der Waals surface area (Å²) in [6.45, 7) is 4.33. The largest absolute Gasteiger partial charge is 0.316 e. The molecule has 4 heteroatoms. The number of nitrogens with zero attached hydrogens (tertiary/aromatic N) is 2. The number of nitrogens with one attached hydrogen (secondary N) is 1. The first-order chi connectivity index (χ1) is 8.88. The molecule has 1 aromatic heterocycles. The van der Waals surface area contributed by atoms with Crippen molar-refractivity contribution in [3.63, 3.8) is 0 Å². The van der Waals surface area contributed by atoms with E-state index >= 15 is 0 Å². The summed E-state index contributed by atoms with van der Waals surface area (Å²) in [7, 11) is 0. The summed E-state index contributed by atoms with van der Waals surface area (Å²) in [6.07, 6.45) is 10.4. The summed E-state index contributed by atoms with van der Waals surface area (Å²) in [6, 6.07) is 0. The van der Waals surface area contributed by atoms with Crippen molar-refractivity contribution in [3.8, 4) is 0 Å². The Kier molecular flexibility index (Phi) is 6.08. The molecule has 1 saturated carbocycles. The zero-order chi connectivity index (χ0) is 12.6. The van der Waals surface area contributed by atoms with Crippen LogP contribution in [0.15, 0.2) is 0 Å². The molecule has 3 nitrogen and oxygen atoms in total. The van der Waals surface area contributed by atoms with Gasteiger partial charge in [-0.25, -0.2) is 0 Å². The summed E-state index contributed by atoms with van der Waals surface area (Å²) in [5, 5.41) is 14.5. The van der Waals surface area contributed by atoms with Crippen LogP contribution in [-0.4, -0.2) is 23.3 Å². The lowest BCUT2D eigenvalue weighted by molar-refractivity contribution is 0.502. The van der Waals surface area contributed by atoms with E-state index in [4.69, 9.17) is 0 Å². The van der Waals surface area contributed by atoms with Crippen molar-refractivity contribution < 1.29 is 0 Å². The van der Waals surface area contributed by atoms with Gasteiger partial charge in [-0.15, -0.1) is 21.5 Å². The molecular formula is C14H25N3S. The zero-order valence-electron chi connectivity index (χ0n) is 11.5. The molecule has 0 amide bonds. The fourth-order valence-corrected chi connectivity index (χ4v) is 3.47. The van der Waals surface area contributed by atoms with Crippen LogP contribution >= 0.6 is 11.3 Å². The van der Waals surface area contributed by atoms with E-state index in [2.05, 4.69) is 22.4 Å². The Hall–Kier alpha value is -0.480. The zero-order valence-corrected chi connectivity index (χ0v) is 12.3. The molecule has 1 aliphatic carbocycles. The smallest absolute Gasteiger partial charge is 0.118 e. The Balaban J connectivity index is 1.65. The Morgan fingerprint density at radius 2 is 1.83 bits per heavy atom. The van der Waals surface area contributed by atoms with E-state index in [0.29, 0.717) is 0 Å². The fraction of sp³-hybridized carbons (Fsp3) is 0.857. The van der Waals surface area contributed by atoms with Crippen LogP contribution in [0.5, 0.6) is 0 Å². The maximum absolute atomic E-state index is 4.32. The van der Waals surface area contributed by atoms with Crippen LogP contribution in [0.4, 0.5) is 0 Å². The lowest BCUT2D eigenvalue weighted by atomic mass is 10.0. The first-order valence-electron chi connectivity index (χ1n) is 7.40. The molecule has 0 radical (unpaired) electrons. The standard InChI is InChI=1S/C14H25N3S/c1-2-10-15-11-9-14-17-16-13(18-14)8-7-12-5-3-4-6-12/h12,15H,2-11H2,1H3. The van der Waals surface area contributed by atoms with Crippen LogP contribution in [0.3, 0.4) is 0 Å². The summed E-state index contributed by atoms with van der Waals surface area (Å²) >= 11 is 1.81. The molecule has 1 aromatic rings. The number of hydrogen-bond acceptors (Lipinski definition) is 4. The maximum atomic E-state index is 4.32. The number of aromatic nitrogens is 2. The number of rotatable bonds is 8. The van der Waals surface area contributed by atoms with Crippen molar-refractivity contribution in [2.75, 3.05) is 13.1 Å². The van der Waals surface area contributed by atoms with E-state index < -0.39 is 0 Å². The molecule has 1 aliphatic rings. The van der Waals surface area contributed by atoms with E-state index in [1.54, 1.807) is 0 Å². The van der Waals surface area contributed by atoms with Crippen molar-refractivity contribution in [3.05, 3.63) is 10.0 Å². The molecule has 1 N–H and O–H groups in total. The van der Waals surface area contributed by atoms with Crippen molar-refractivity contribution in [2.24, 2.45) is 5.92 Å². The van der Waals surface area contributed by atoms with Gasteiger partial charge in [-0.1, -0.05) is 32.6 Å². The van der Waals surface area contributed by atoms with Crippen LogP contribution in [0, 0.1) is 5.92 Å². The highest BCUT2D eigenvalue weighted by Gasteiger charge is 2.15. The quantitative estimate of drug-likeness (QED) is 0.735. The summed E-state index contributed by atoms with van der Waals surface area (Å²) in [5.41, 5.74) is 0. The molecule has 0 aromatic carbocycles. The SMILES string of the molecule is CCCNCCc1nnc(CCC2CCCC2)s1. The topological polar surface area (TPSA) is 37.8 Å². The van der Waals surface area contributed by atoms with Crippen LogP contribution in [-0.2, 0) is 12.8 Å². The Morgan fingerprint density at radius 3 is 2.56 bits per heavy atom. The van der Waals surface area contributed by atoms with Gasteiger partial charge in [-0.3, -0.25) is 0 Å². The van der Waals surface area contributed by atoms with E-state index in [1.807, 2.05) is 11.3 Å². The van der Waals surface area contributed by atoms with Gasteiger partial charge < -0.3 is 5.32 Å². The molecule has 0 unspecified atom stereocenters. The molecule has 0 saturated heterocycles. The highest BCUT2D eigenvalue weighted by Crippen LogP contribution is 2.29. The van der Waals surface area contributed by atoms with Crippen LogP contribution in [0.1, 0.15) is 55.5 Å². The van der Waals surface area contributed by atoms with Gasteiger partial charge >= 0.3 is 0 Å². The van der Waals surface area contributed by atoms with E-state index in [9.17, 15) is 0 Å². The van der Waals surface area contributed by atoms with Gasteiger partial charge in [0.15, 0.2) is 0 Å². The molecule has 102 valence electrons. The van der Waals surface area contributed by atoms with Gasteiger partial charge in [0.05, 0.1) is 0 Å². The molecule has 0 bridgehead atoms. The van der Waals surface area contributed by atoms with Crippen molar-refractivity contribution in [1.29, 1.82) is 0 Å². The third-order valence-corrected chi connectivity index (χ3v) is 4.74. The fourth-order valence-electron chi connectivity index (χ4n) is 2.61. The van der Waals surface area contributed by atoms with Gasteiger partial charge in [-0.2, -0.15) is 0 Å². The first-order valence-corrected chi connectivity index (χ1v) is 8.22. The summed E-state index contributed by atoms with van der Waals surface area (Å²) < 4.78 is 0. The molecule has 18 heavy (non-hydrogen) atoms. The second-order valence-electron chi connectivity index (χ2n) is 5.28. The Labute approximate surface area is 114 Å². The number of aryl methyl sites for hydroxylation is 1. The lowest BCUT2D eigenvalue weighted by Crippen LogP contribution is -2.17. The third kappa shape index (κ3) is 4.65. The monoisotopic (exact) mass is 267 g/mol. The highest BCUT2D eigenvalue weighted by atomic mass is 32.1. The summed E-state index contributed by atoms with van der Waals surface area (Å²) in [4.78, 5) is 0. The van der Waals surface area contributed by atoms with Gasteiger partial charge in [0.1, 0.15) is 10.0 Å². The first kappa shape index (κ1) is 13.9. The van der Waals surface area contributed by atoms with Crippen molar-refractivity contribution >= 4 is 11.3 Å². The summed E-state index contributed by atoms with van der Waals surface area (Å²) in [5.74, 6) is 0.962. The van der Waals surface area contributed by atoms with E-state index in [1.165, 1.54) is 48.5 Å². The molecule has 1 heterocycles. The molecule has 0 atom stereocenters. The average Bonchev–Trinajstić information content (AvgIpc) is 3.03. The molecular weight excluding hydrogens is 242 g/mol. The van der Waals surface area contributed by atoms with Gasteiger partial charge in [0.2, 0.25) is 0 Å². The Morgan fingerprint density at radius 1 is 1.11 bits per heavy atom. The minimum absolute atomic E-state index is 0.962. The minimum atomic E-state index is 0.962. The van der Waals surface area contributed by atoms with Crippen LogP contribution < -0.4 is 5.32 Å². The second kappa shape index (κ2) is 7.85. The maximum Gasteiger partial charge on any atom is 0.118 e. The normalized spacial score (nSPS) is 16.5. The predicted octanol–water partition coefficient (Wildman–Crippen LogP) is 3.20. The molecule has 0 spiro atoms. The number of hydrogen-bond donors (Lipinski definition) is 1. The van der Waals surface area contributed by atoms with Gasteiger partial charge in [0, 0.05) is 19.4 Å². The van der Waals surface area contributed by atoms with Crippen molar-refractivity contribution in [1.82, 2.24) is 15.5 Å². The minimum Gasteiger partial charge on any atom is -0.316 e. The van der Waals surface area contributed by atoms with Gasteiger partial charge in [0.25, 0.3) is 0 Å². The third-order valence-electron chi connectivity index (χ3n) is 3.69. The molecule has 1 fully saturated rings. The average molecular weight is 267 g/mol. The second-order valence-corrected chi connectivity index (χ2v) is 6.43. The lowest BCUT2D eigenvalue weighted by Gasteiger charge is -2.05. The highest BCUT2D eigenvalue weighted by molar-refractivity contribution is 7.11. The van der Waals surface area contributed by atoms with Crippen LogP contribution in [0.25, 0.3) is 0 Å². The predicted molar refractivity (Wildman–Crippen MR) is 77.1 cm³/mol. The Bertz CT molecular complexity index is 332. The van der Waals surface area contributed by atoms with Crippen LogP contribution in [0.2, 0.25) is 0 Å². The molecule has 2 rings (SSSR count). The van der Waals surface area contributed by atoms with E-state index in [0.717, 1.165) is 31.8 Å². The van der Waals surface area contributed by atoms with Gasteiger partial charge in [-0.05, 0) is 25.3 Å². The molecule has 0 aliphatic heterocycles. The van der Waals surface area contributed by atoms with E-state index in [-0.39, 0.29) is 0 Å².